The van der Waals surface area contributed by atoms with Crippen LogP contribution in [0.3, 0.4) is 0 Å². The van der Waals surface area contributed by atoms with Crippen LogP contribution >= 0.6 is 0 Å². The first-order chi connectivity index (χ1) is 14.8. The first-order valence-corrected chi connectivity index (χ1v) is 10.4. The highest BCUT2D eigenvalue weighted by Crippen LogP contribution is 2.30. The van der Waals surface area contributed by atoms with E-state index in [1.165, 1.54) is 0 Å². The molecule has 6 nitrogen and oxygen atoms in total. The fourth-order valence-corrected chi connectivity index (χ4v) is 3.89. The van der Waals surface area contributed by atoms with Gasteiger partial charge in [-0.15, -0.1) is 0 Å². The third kappa shape index (κ3) is 3.56. The summed E-state index contributed by atoms with van der Waals surface area (Å²) in [7, 11) is 0. The maximum absolute atomic E-state index is 5.98. The highest BCUT2D eigenvalue weighted by molar-refractivity contribution is 5.82. The molecule has 0 unspecified atom stereocenters. The summed E-state index contributed by atoms with van der Waals surface area (Å²) in [6.07, 6.45) is 1.81. The Kier molecular flexibility index (Phi) is 4.97. The molecule has 30 heavy (non-hydrogen) atoms. The van der Waals surface area contributed by atoms with Crippen molar-refractivity contribution in [1.29, 1.82) is 0 Å². The van der Waals surface area contributed by atoms with Gasteiger partial charge >= 0.3 is 0 Å². The molecule has 4 aromatic rings. The van der Waals surface area contributed by atoms with E-state index in [1.54, 1.807) is 0 Å². The van der Waals surface area contributed by atoms with Gasteiger partial charge in [-0.2, -0.15) is 0 Å². The number of para-hydroxylation sites is 3. The van der Waals surface area contributed by atoms with Gasteiger partial charge in [0.1, 0.15) is 17.0 Å². The van der Waals surface area contributed by atoms with Crippen LogP contribution in [0.15, 0.2) is 71.3 Å². The molecule has 0 saturated carbocycles. The Balaban J connectivity index is 1.33. The molecular weight excluding hydrogens is 376 g/mol. The van der Waals surface area contributed by atoms with Gasteiger partial charge in [-0.05, 0) is 37.3 Å². The van der Waals surface area contributed by atoms with E-state index in [-0.39, 0.29) is 0 Å². The number of aromatic nitrogens is 2. The lowest BCUT2D eigenvalue weighted by Crippen LogP contribution is -2.47. The Morgan fingerprint density at radius 3 is 2.53 bits per heavy atom. The van der Waals surface area contributed by atoms with E-state index >= 15 is 0 Å². The quantitative estimate of drug-likeness (QED) is 0.487. The monoisotopic (exact) mass is 400 g/mol. The van der Waals surface area contributed by atoms with Crippen molar-refractivity contribution in [3.05, 3.63) is 66.9 Å². The summed E-state index contributed by atoms with van der Waals surface area (Å²) in [4.78, 5) is 13.9. The van der Waals surface area contributed by atoms with E-state index in [0.29, 0.717) is 6.61 Å². The second-order valence-electron chi connectivity index (χ2n) is 7.27. The second kappa shape index (κ2) is 8.06. The van der Waals surface area contributed by atoms with Gasteiger partial charge in [-0.25, -0.2) is 9.97 Å². The van der Waals surface area contributed by atoms with E-state index in [2.05, 4.69) is 26.9 Å². The average Bonchev–Trinajstić information content (AvgIpc) is 3.24. The zero-order valence-corrected chi connectivity index (χ0v) is 17.0. The minimum atomic E-state index is 0.666. The van der Waals surface area contributed by atoms with Crippen LogP contribution in [-0.4, -0.2) is 42.8 Å². The van der Waals surface area contributed by atoms with Crippen LogP contribution in [0.2, 0.25) is 0 Å². The molecular formula is C24H24N4O2. The number of nitrogens with zero attached hydrogens (tertiary/aromatic N) is 4. The number of piperazine rings is 1. The van der Waals surface area contributed by atoms with E-state index < -0.39 is 0 Å². The minimum absolute atomic E-state index is 0.666. The van der Waals surface area contributed by atoms with Gasteiger partial charge in [0.25, 0.3) is 0 Å². The molecule has 152 valence electrons. The molecule has 1 fully saturated rings. The molecule has 1 aliphatic rings. The van der Waals surface area contributed by atoms with E-state index in [9.17, 15) is 0 Å². The lowest BCUT2D eigenvalue weighted by atomic mass is 10.2. The Morgan fingerprint density at radius 1 is 0.933 bits per heavy atom. The number of ether oxygens (including phenoxy) is 1. The van der Waals surface area contributed by atoms with Gasteiger partial charge in [0, 0.05) is 37.8 Å². The van der Waals surface area contributed by atoms with Crippen LogP contribution in [0.5, 0.6) is 5.75 Å². The summed E-state index contributed by atoms with van der Waals surface area (Å²) in [5, 5.41) is 1.08. The lowest BCUT2D eigenvalue weighted by molar-refractivity contribution is 0.340. The van der Waals surface area contributed by atoms with Crippen molar-refractivity contribution >= 4 is 22.6 Å². The topological polar surface area (TPSA) is 54.6 Å². The molecule has 0 amide bonds. The third-order valence-corrected chi connectivity index (χ3v) is 5.39. The standard InChI is InChI=1S/C24H24N4O2/c1-2-29-22-10-6-4-8-20(22)27-13-15-28(16-14-27)24-25-12-11-19(26-24)23-17-18-7-3-5-9-21(18)30-23/h3-12,17H,2,13-16H2,1H3. The van der Waals surface area contributed by atoms with Crippen molar-refractivity contribution in [2.45, 2.75) is 6.92 Å². The molecule has 2 aromatic heterocycles. The first-order valence-electron chi connectivity index (χ1n) is 10.4. The molecule has 0 spiro atoms. The Labute approximate surface area is 175 Å². The molecule has 2 aromatic carbocycles. The van der Waals surface area contributed by atoms with Crippen LogP contribution in [0, 0.1) is 0 Å². The number of hydrogen-bond acceptors (Lipinski definition) is 6. The number of furan rings is 1. The second-order valence-corrected chi connectivity index (χ2v) is 7.27. The number of anilines is 2. The van der Waals surface area contributed by atoms with Crippen molar-refractivity contribution in [3.63, 3.8) is 0 Å². The fraction of sp³-hybridized carbons (Fsp3) is 0.250. The van der Waals surface area contributed by atoms with Crippen molar-refractivity contribution < 1.29 is 9.15 Å². The predicted molar refractivity (Wildman–Crippen MR) is 119 cm³/mol. The summed E-state index contributed by atoms with van der Waals surface area (Å²) in [6.45, 7) is 6.17. The van der Waals surface area contributed by atoms with Gasteiger partial charge < -0.3 is 19.0 Å². The Morgan fingerprint density at radius 2 is 1.70 bits per heavy atom. The van der Waals surface area contributed by atoms with Gasteiger partial charge in [0.15, 0.2) is 5.76 Å². The van der Waals surface area contributed by atoms with Crippen LogP contribution in [-0.2, 0) is 0 Å². The third-order valence-electron chi connectivity index (χ3n) is 5.39. The zero-order chi connectivity index (χ0) is 20.3. The Bertz CT molecular complexity index is 1120. The molecule has 5 rings (SSSR count). The van der Waals surface area contributed by atoms with E-state index in [1.807, 2.05) is 61.7 Å². The van der Waals surface area contributed by atoms with Gasteiger partial charge in [-0.3, -0.25) is 0 Å². The minimum Gasteiger partial charge on any atom is -0.492 e. The van der Waals surface area contributed by atoms with Crippen LogP contribution in [0.1, 0.15) is 6.92 Å². The highest BCUT2D eigenvalue weighted by Gasteiger charge is 2.22. The van der Waals surface area contributed by atoms with Crippen LogP contribution in [0.25, 0.3) is 22.4 Å². The average molecular weight is 400 g/mol. The molecule has 1 saturated heterocycles. The number of rotatable bonds is 5. The van der Waals surface area contributed by atoms with Gasteiger partial charge in [-0.1, -0.05) is 30.3 Å². The van der Waals surface area contributed by atoms with Gasteiger partial charge in [0.2, 0.25) is 5.95 Å². The molecule has 3 heterocycles. The number of benzene rings is 2. The summed E-state index contributed by atoms with van der Waals surface area (Å²) in [5.41, 5.74) is 2.82. The van der Waals surface area contributed by atoms with Crippen molar-refractivity contribution in [1.82, 2.24) is 9.97 Å². The molecule has 0 aliphatic carbocycles. The summed E-state index contributed by atoms with van der Waals surface area (Å²) < 4.78 is 11.8. The van der Waals surface area contributed by atoms with E-state index in [0.717, 1.165) is 66.0 Å². The highest BCUT2D eigenvalue weighted by atomic mass is 16.5. The van der Waals surface area contributed by atoms with Crippen molar-refractivity contribution in [2.75, 3.05) is 42.6 Å². The zero-order valence-electron chi connectivity index (χ0n) is 17.0. The number of fused-ring (bicyclic) bond motifs is 1. The van der Waals surface area contributed by atoms with Crippen molar-refractivity contribution in [2.24, 2.45) is 0 Å². The summed E-state index contributed by atoms with van der Waals surface area (Å²) in [5.74, 6) is 2.45. The normalized spacial score (nSPS) is 14.3. The van der Waals surface area contributed by atoms with Crippen LogP contribution in [0.4, 0.5) is 11.6 Å². The van der Waals surface area contributed by atoms with Crippen molar-refractivity contribution in [3.8, 4) is 17.2 Å². The lowest BCUT2D eigenvalue weighted by Gasteiger charge is -2.36. The maximum Gasteiger partial charge on any atom is 0.226 e. The van der Waals surface area contributed by atoms with Gasteiger partial charge in [0.05, 0.1) is 12.3 Å². The predicted octanol–water partition coefficient (Wildman–Crippen LogP) is 4.62. The first kappa shape index (κ1) is 18.5. The fourth-order valence-electron chi connectivity index (χ4n) is 3.89. The SMILES string of the molecule is CCOc1ccccc1N1CCN(c2nccc(-c3cc4ccccc4o3)n2)CC1. The molecule has 0 atom stereocenters. The smallest absolute Gasteiger partial charge is 0.226 e. The molecule has 6 heteroatoms. The summed E-state index contributed by atoms with van der Waals surface area (Å²) >= 11 is 0. The van der Waals surface area contributed by atoms with E-state index in [4.69, 9.17) is 14.1 Å². The molecule has 0 radical (unpaired) electrons. The Hall–Kier alpha value is -3.54. The van der Waals surface area contributed by atoms with Crippen LogP contribution < -0.4 is 14.5 Å². The molecule has 0 N–H and O–H groups in total. The largest absolute Gasteiger partial charge is 0.492 e. The summed E-state index contributed by atoms with van der Waals surface area (Å²) in [6, 6.07) is 20.2. The molecule has 1 aliphatic heterocycles. The number of hydrogen-bond donors (Lipinski definition) is 0. The maximum atomic E-state index is 5.98. The molecule has 0 bridgehead atoms.